The zero-order chi connectivity index (χ0) is 23.4. The van der Waals surface area contributed by atoms with Crippen molar-refractivity contribution in [2.75, 3.05) is 41.7 Å². The normalized spacial score (nSPS) is 21.1. The van der Waals surface area contributed by atoms with Crippen LogP contribution in [0.4, 0.5) is 17.5 Å². The van der Waals surface area contributed by atoms with Gasteiger partial charge in [0.25, 0.3) is 0 Å². The third-order valence-electron chi connectivity index (χ3n) is 7.57. The number of imidazole rings is 1. The van der Waals surface area contributed by atoms with E-state index in [9.17, 15) is 0 Å². The van der Waals surface area contributed by atoms with Crippen LogP contribution in [0.5, 0.6) is 0 Å². The van der Waals surface area contributed by atoms with E-state index >= 15 is 0 Å². The molecule has 34 heavy (non-hydrogen) atoms. The number of nitrogens with two attached hydrogens (primary N) is 2. The highest BCUT2D eigenvalue weighted by Crippen LogP contribution is 2.50. The Morgan fingerprint density at radius 1 is 1.12 bits per heavy atom. The van der Waals surface area contributed by atoms with Crippen LogP contribution in [0.3, 0.4) is 0 Å². The summed E-state index contributed by atoms with van der Waals surface area (Å²) < 4.78 is 2.07. The van der Waals surface area contributed by atoms with Gasteiger partial charge in [-0.1, -0.05) is 23.4 Å². The lowest BCUT2D eigenvalue weighted by atomic mass is 9.73. The zero-order valence-corrected chi connectivity index (χ0v) is 20.7. The van der Waals surface area contributed by atoms with Crippen molar-refractivity contribution in [3.05, 3.63) is 41.2 Å². The Kier molecular flexibility index (Phi) is 5.34. The fourth-order valence-corrected chi connectivity index (χ4v) is 6.51. The van der Waals surface area contributed by atoms with Gasteiger partial charge in [-0.2, -0.15) is 0 Å². The van der Waals surface area contributed by atoms with Gasteiger partial charge in [-0.05, 0) is 31.7 Å². The Morgan fingerprint density at radius 3 is 2.59 bits per heavy atom. The molecule has 5 heterocycles. The molecule has 11 heteroatoms. The van der Waals surface area contributed by atoms with Gasteiger partial charge >= 0.3 is 0 Å². The number of halogens is 1. The van der Waals surface area contributed by atoms with E-state index in [1.807, 2.05) is 25.6 Å². The minimum Gasteiger partial charge on any atom is -0.381 e. The predicted molar refractivity (Wildman–Crippen MR) is 134 cm³/mol. The number of fused-ring (bicyclic) bond motifs is 1. The molecule has 1 spiro atoms. The SMILES string of the molecule is Cn1cnc2c1[C@@H](N)C1(CCN(c3cnc(Sc4ccnc(N5CCC5)c4Cl)c(N)n3)CC1)C2. The Labute approximate surface area is 207 Å². The number of hydrogen-bond acceptors (Lipinski definition) is 9. The second-order valence-corrected chi connectivity index (χ2v) is 10.9. The molecule has 1 atom stereocenters. The summed E-state index contributed by atoms with van der Waals surface area (Å²) in [4.78, 5) is 23.7. The Morgan fingerprint density at radius 2 is 1.91 bits per heavy atom. The standard InChI is InChI=1S/C23H28ClN9S/c1-31-13-29-14-11-23(19(25)18(14)31)4-9-32(10-5-23)16-12-28-22(20(26)30-16)34-15-3-6-27-21(17(15)24)33-7-2-8-33/h3,6,12-13,19H,2,4-5,7-11,25H2,1H3,(H2,26,30)/t19-/m1/s1. The van der Waals surface area contributed by atoms with Crippen LogP contribution >= 0.6 is 23.4 Å². The first-order valence-electron chi connectivity index (χ1n) is 11.7. The Bertz CT molecular complexity index is 1230. The minimum atomic E-state index is 0.0262. The van der Waals surface area contributed by atoms with Gasteiger partial charge in [-0.15, -0.1) is 0 Å². The average Bonchev–Trinajstić information content (AvgIpc) is 3.28. The third-order valence-corrected chi connectivity index (χ3v) is 9.12. The molecule has 4 N–H and O–H groups in total. The second kappa shape index (κ2) is 8.28. The lowest BCUT2D eigenvalue weighted by molar-refractivity contribution is 0.182. The molecule has 3 aromatic heterocycles. The summed E-state index contributed by atoms with van der Waals surface area (Å²) in [6.45, 7) is 3.72. The number of rotatable bonds is 4. The van der Waals surface area contributed by atoms with E-state index in [2.05, 4.69) is 34.3 Å². The van der Waals surface area contributed by atoms with Crippen LogP contribution in [-0.2, 0) is 13.5 Å². The summed E-state index contributed by atoms with van der Waals surface area (Å²) in [6.07, 6.45) is 9.58. The topological polar surface area (TPSA) is 115 Å². The van der Waals surface area contributed by atoms with E-state index in [-0.39, 0.29) is 11.5 Å². The van der Waals surface area contributed by atoms with Crippen molar-refractivity contribution >= 4 is 40.8 Å². The van der Waals surface area contributed by atoms with Crippen molar-refractivity contribution in [1.29, 1.82) is 0 Å². The van der Waals surface area contributed by atoms with Crippen LogP contribution in [0.15, 0.2) is 34.7 Å². The van der Waals surface area contributed by atoms with Gasteiger partial charge < -0.3 is 25.8 Å². The molecule has 0 saturated carbocycles. The van der Waals surface area contributed by atoms with Crippen molar-refractivity contribution in [2.24, 2.45) is 18.2 Å². The summed E-state index contributed by atoms with van der Waals surface area (Å²) in [5.41, 5.74) is 15.5. The fourth-order valence-electron chi connectivity index (χ4n) is 5.39. The predicted octanol–water partition coefficient (Wildman–Crippen LogP) is 3.04. The van der Waals surface area contributed by atoms with Crippen molar-refractivity contribution in [1.82, 2.24) is 24.5 Å². The van der Waals surface area contributed by atoms with Crippen LogP contribution in [0.1, 0.15) is 36.7 Å². The average molecular weight is 498 g/mol. The van der Waals surface area contributed by atoms with Crippen LogP contribution in [0.2, 0.25) is 5.02 Å². The maximum absolute atomic E-state index is 6.71. The highest BCUT2D eigenvalue weighted by molar-refractivity contribution is 7.99. The molecular weight excluding hydrogens is 470 g/mol. The first-order valence-corrected chi connectivity index (χ1v) is 12.8. The molecule has 3 aliphatic rings. The summed E-state index contributed by atoms with van der Waals surface area (Å²) in [6, 6.07) is 1.92. The summed E-state index contributed by atoms with van der Waals surface area (Å²) in [7, 11) is 2.03. The second-order valence-electron chi connectivity index (χ2n) is 9.50. The Hall–Kier alpha value is -2.56. The van der Waals surface area contributed by atoms with Gasteiger partial charge in [-0.25, -0.2) is 19.9 Å². The van der Waals surface area contributed by atoms with Gasteiger partial charge in [0, 0.05) is 49.7 Å². The number of hydrogen-bond donors (Lipinski definition) is 2. The van der Waals surface area contributed by atoms with Crippen LogP contribution < -0.4 is 21.3 Å². The number of nitrogen functional groups attached to an aromatic ring is 1. The minimum absolute atomic E-state index is 0.0262. The van der Waals surface area contributed by atoms with Crippen molar-refractivity contribution in [3.63, 3.8) is 0 Å². The lowest BCUT2D eigenvalue weighted by Crippen LogP contribution is -2.45. The van der Waals surface area contributed by atoms with Gasteiger partial charge in [0.05, 0.1) is 35.0 Å². The molecule has 2 saturated heterocycles. The molecule has 178 valence electrons. The highest BCUT2D eigenvalue weighted by Gasteiger charge is 2.48. The lowest BCUT2D eigenvalue weighted by Gasteiger charge is -2.42. The molecule has 0 aromatic carbocycles. The number of piperidine rings is 1. The fraction of sp³-hybridized carbons (Fsp3) is 0.478. The van der Waals surface area contributed by atoms with Crippen LogP contribution in [0, 0.1) is 5.41 Å². The molecular formula is C23H28ClN9S. The van der Waals surface area contributed by atoms with Crippen molar-refractivity contribution in [2.45, 2.75) is 41.6 Å². The molecule has 6 rings (SSSR count). The largest absolute Gasteiger partial charge is 0.381 e. The maximum Gasteiger partial charge on any atom is 0.158 e. The van der Waals surface area contributed by atoms with E-state index < -0.39 is 0 Å². The number of pyridine rings is 1. The molecule has 3 aromatic rings. The van der Waals surface area contributed by atoms with Crippen LogP contribution in [-0.4, -0.2) is 50.7 Å². The first kappa shape index (κ1) is 21.9. The van der Waals surface area contributed by atoms with E-state index in [1.165, 1.54) is 23.9 Å². The number of anilines is 3. The molecule has 2 aliphatic heterocycles. The van der Waals surface area contributed by atoms with Crippen molar-refractivity contribution < 1.29 is 0 Å². The smallest absolute Gasteiger partial charge is 0.158 e. The van der Waals surface area contributed by atoms with E-state index in [0.29, 0.717) is 15.9 Å². The zero-order valence-electron chi connectivity index (χ0n) is 19.1. The first-order chi connectivity index (χ1) is 16.4. The van der Waals surface area contributed by atoms with Gasteiger partial charge in [0.2, 0.25) is 0 Å². The van der Waals surface area contributed by atoms with E-state index in [1.54, 1.807) is 6.20 Å². The van der Waals surface area contributed by atoms with Crippen LogP contribution in [0.25, 0.3) is 0 Å². The summed E-state index contributed by atoms with van der Waals surface area (Å²) in [5, 5.41) is 1.29. The number of aromatic nitrogens is 5. The number of aryl methyl sites for hydroxylation is 1. The van der Waals surface area contributed by atoms with Gasteiger partial charge in [0.15, 0.2) is 5.82 Å². The van der Waals surface area contributed by atoms with Gasteiger partial charge in [-0.3, -0.25) is 0 Å². The number of nitrogens with zero attached hydrogens (tertiary/aromatic N) is 7. The monoisotopic (exact) mass is 497 g/mol. The molecule has 1 aliphatic carbocycles. The molecule has 9 nitrogen and oxygen atoms in total. The quantitative estimate of drug-likeness (QED) is 0.561. The van der Waals surface area contributed by atoms with E-state index in [0.717, 1.165) is 67.7 Å². The molecule has 2 fully saturated rings. The highest BCUT2D eigenvalue weighted by atomic mass is 35.5. The molecule has 0 bridgehead atoms. The molecule has 0 unspecified atom stereocenters. The Balaban J connectivity index is 1.15. The van der Waals surface area contributed by atoms with E-state index in [4.69, 9.17) is 23.1 Å². The summed E-state index contributed by atoms with van der Waals surface area (Å²) in [5.74, 6) is 2.04. The summed E-state index contributed by atoms with van der Waals surface area (Å²) >= 11 is 8.07. The van der Waals surface area contributed by atoms with Gasteiger partial charge in [0.1, 0.15) is 16.7 Å². The van der Waals surface area contributed by atoms with Crippen molar-refractivity contribution in [3.8, 4) is 0 Å². The third kappa shape index (κ3) is 3.50. The molecule has 0 radical (unpaired) electrons. The maximum atomic E-state index is 6.71. The molecule has 0 amide bonds.